The van der Waals surface area contributed by atoms with E-state index in [2.05, 4.69) is 18.7 Å². The third-order valence-corrected chi connectivity index (χ3v) is 4.15. The summed E-state index contributed by atoms with van der Waals surface area (Å²) in [5, 5.41) is 10.5. The zero-order valence-electron chi connectivity index (χ0n) is 10.7. The average molecular weight is 270 g/mol. The van der Waals surface area contributed by atoms with Crippen molar-refractivity contribution in [1.82, 2.24) is 4.90 Å². The third-order valence-electron chi connectivity index (χ3n) is 2.80. The molecule has 0 aliphatic rings. The van der Waals surface area contributed by atoms with Gasteiger partial charge in [0.1, 0.15) is 0 Å². The van der Waals surface area contributed by atoms with Crippen molar-refractivity contribution in [3.05, 3.63) is 34.4 Å². The second-order valence-electron chi connectivity index (χ2n) is 3.83. The van der Waals surface area contributed by atoms with Gasteiger partial charge in [0, 0.05) is 29.3 Å². The second-order valence-corrected chi connectivity index (χ2v) is 5.40. The largest absolute Gasteiger partial charge is 0.303 e. The minimum absolute atomic E-state index is 0.0273. The first-order chi connectivity index (χ1) is 8.58. The zero-order valence-corrected chi connectivity index (χ0v) is 11.5. The molecule has 0 spiro atoms. The predicted octanol–water partition coefficient (Wildman–Crippen LogP) is 2.04. The lowest BCUT2D eigenvalue weighted by Crippen LogP contribution is -2.27. The fourth-order valence-electron chi connectivity index (χ4n) is 1.59. The summed E-state index contributed by atoms with van der Waals surface area (Å²) in [6.07, 6.45) is 0. The highest BCUT2D eigenvalue weighted by Crippen LogP contribution is 2.14. The molecule has 0 aliphatic heterocycles. The highest BCUT2D eigenvalue weighted by molar-refractivity contribution is 7.85. The Morgan fingerprint density at radius 3 is 2.22 bits per heavy atom. The Balaban J connectivity index is 2.59. The van der Waals surface area contributed by atoms with E-state index in [-0.39, 0.29) is 5.69 Å². The quantitative estimate of drug-likeness (QED) is 0.562. The van der Waals surface area contributed by atoms with Crippen LogP contribution in [0, 0.1) is 10.1 Å². The molecular formula is C12H18N2O3S. The van der Waals surface area contributed by atoms with Gasteiger partial charge < -0.3 is 4.90 Å². The van der Waals surface area contributed by atoms with Crippen LogP contribution in [0.4, 0.5) is 5.69 Å². The molecular weight excluding hydrogens is 252 g/mol. The number of hydrogen-bond acceptors (Lipinski definition) is 4. The molecule has 0 aromatic heterocycles. The lowest BCUT2D eigenvalue weighted by Gasteiger charge is -2.17. The summed E-state index contributed by atoms with van der Waals surface area (Å²) in [4.78, 5) is 12.9. The molecule has 0 amide bonds. The number of nitro benzene ring substituents is 1. The van der Waals surface area contributed by atoms with Gasteiger partial charge in [-0.15, -0.1) is 0 Å². The minimum atomic E-state index is -1.09. The molecule has 0 bridgehead atoms. The van der Waals surface area contributed by atoms with Gasteiger partial charge in [0.2, 0.25) is 0 Å². The second kappa shape index (κ2) is 7.23. The Kier molecular flexibility index (Phi) is 5.94. The summed E-state index contributed by atoms with van der Waals surface area (Å²) in [5.74, 6) is 0.555. The van der Waals surface area contributed by atoms with E-state index in [0.717, 1.165) is 19.6 Å². The summed E-state index contributed by atoms with van der Waals surface area (Å²) in [7, 11) is -1.09. The normalized spacial score (nSPS) is 12.6. The number of rotatable bonds is 7. The van der Waals surface area contributed by atoms with Crippen LogP contribution in [0.15, 0.2) is 29.2 Å². The molecule has 0 radical (unpaired) electrons. The van der Waals surface area contributed by atoms with Crippen molar-refractivity contribution in [2.24, 2.45) is 0 Å². The molecule has 1 aromatic rings. The van der Waals surface area contributed by atoms with Crippen LogP contribution in [0.5, 0.6) is 0 Å². The van der Waals surface area contributed by atoms with Gasteiger partial charge in [-0.05, 0) is 25.2 Å². The Morgan fingerprint density at radius 1 is 1.22 bits per heavy atom. The number of nitro groups is 1. The van der Waals surface area contributed by atoms with Gasteiger partial charge in [-0.2, -0.15) is 0 Å². The lowest BCUT2D eigenvalue weighted by atomic mass is 10.3. The van der Waals surface area contributed by atoms with Crippen molar-refractivity contribution in [1.29, 1.82) is 0 Å². The topological polar surface area (TPSA) is 63.5 Å². The maximum absolute atomic E-state index is 12.0. The fourth-order valence-corrected chi connectivity index (χ4v) is 2.69. The van der Waals surface area contributed by atoms with Crippen molar-refractivity contribution in [3.8, 4) is 0 Å². The number of hydrogen-bond donors (Lipinski definition) is 0. The zero-order chi connectivity index (χ0) is 13.5. The molecule has 6 heteroatoms. The van der Waals surface area contributed by atoms with Crippen molar-refractivity contribution in [3.63, 3.8) is 0 Å². The van der Waals surface area contributed by atoms with Crippen LogP contribution in [0.1, 0.15) is 13.8 Å². The Hall–Kier alpha value is -1.27. The van der Waals surface area contributed by atoms with Crippen molar-refractivity contribution < 1.29 is 9.13 Å². The van der Waals surface area contributed by atoms with Gasteiger partial charge in [-0.3, -0.25) is 14.3 Å². The van der Waals surface area contributed by atoms with E-state index in [4.69, 9.17) is 0 Å². The first-order valence-electron chi connectivity index (χ1n) is 5.93. The van der Waals surface area contributed by atoms with Gasteiger partial charge in [0.05, 0.1) is 15.7 Å². The highest BCUT2D eigenvalue weighted by Gasteiger charge is 2.09. The smallest absolute Gasteiger partial charge is 0.269 e. The summed E-state index contributed by atoms with van der Waals surface area (Å²) < 4.78 is 12.0. The highest BCUT2D eigenvalue weighted by atomic mass is 32.2. The molecule has 0 saturated carbocycles. The predicted molar refractivity (Wildman–Crippen MR) is 72.2 cm³/mol. The monoisotopic (exact) mass is 270 g/mol. The van der Waals surface area contributed by atoms with Crippen molar-refractivity contribution in [2.45, 2.75) is 18.7 Å². The van der Waals surface area contributed by atoms with Crippen LogP contribution in [0.3, 0.4) is 0 Å². The molecule has 0 aliphatic carbocycles. The van der Waals surface area contributed by atoms with E-state index in [1.807, 2.05) is 0 Å². The van der Waals surface area contributed by atoms with Gasteiger partial charge in [0.25, 0.3) is 5.69 Å². The van der Waals surface area contributed by atoms with Crippen molar-refractivity contribution >= 4 is 16.5 Å². The molecule has 0 fully saturated rings. The molecule has 1 atom stereocenters. The van der Waals surface area contributed by atoms with Gasteiger partial charge in [0.15, 0.2) is 0 Å². The van der Waals surface area contributed by atoms with E-state index in [1.165, 1.54) is 12.1 Å². The molecule has 1 rings (SSSR count). The van der Waals surface area contributed by atoms with E-state index < -0.39 is 15.7 Å². The first-order valence-corrected chi connectivity index (χ1v) is 7.25. The van der Waals surface area contributed by atoms with Crippen LogP contribution in [-0.4, -0.2) is 39.4 Å². The van der Waals surface area contributed by atoms with Crippen molar-refractivity contribution in [2.75, 3.05) is 25.4 Å². The Morgan fingerprint density at radius 2 is 1.78 bits per heavy atom. The molecule has 0 saturated heterocycles. The van der Waals surface area contributed by atoms with Crippen LogP contribution in [0.25, 0.3) is 0 Å². The lowest BCUT2D eigenvalue weighted by molar-refractivity contribution is -0.384. The fraction of sp³-hybridized carbons (Fsp3) is 0.500. The maximum Gasteiger partial charge on any atom is 0.269 e. The molecule has 1 unspecified atom stereocenters. The maximum atomic E-state index is 12.0. The minimum Gasteiger partial charge on any atom is -0.303 e. The van der Waals surface area contributed by atoms with E-state index in [9.17, 15) is 14.3 Å². The van der Waals surface area contributed by atoms with Gasteiger partial charge >= 0.3 is 0 Å². The van der Waals surface area contributed by atoms with Crippen LogP contribution in [-0.2, 0) is 10.8 Å². The Labute approximate surface area is 109 Å². The summed E-state index contributed by atoms with van der Waals surface area (Å²) in [6.45, 7) is 6.79. The summed E-state index contributed by atoms with van der Waals surface area (Å²) in [6, 6.07) is 5.92. The van der Waals surface area contributed by atoms with E-state index in [1.54, 1.807) is 12.1 Å². The standard InChI is InChI=1S/C12H18N2O3S/c1-3-13(4-2)9-10-18(17)12-7-5-11(6-8-12)14(15)16/h5-8H,3-4,9-10H2,1-2H3. The third kappa shape index (κ3) is 4.19. The molecule has 1 aromatic carbocycles. The van der Waals surface area contributed by atoms with Crippen LogP contribution in [0.2, 0.25) is 0 Å². The van der Waals surface area contributed by atoms with Gasteiger partial charge in [-0.1, -0.05) is 13.8 Å². The molecule has 5 nitrogen and oxygen atoms in total. The van der Waals surface area contributed by atoms with Gasteiger partial charge in [-0.25, -0.2) is 0 Å². The molecule has 18 heavy (non-hydrogen) atoms. The first kappa shape index (κ1) is 14.8. The number of benzene rings is 1. The van der Waals surface area contributed by atoms with Crippen LogP contribution < -0.4 is 0 Å². The summed E-state index contributed by atoms with van der Waals surface area (Å²) >= 11 is 0. The number of nitrogens with zero attached hydrogens (tertiary/aromatic N) is 2. The SMILES string of the molecule is CCN(CC)CCS(=O)c1ccc([N+](=O)[O-])cc1. The number of non-ortho nitro benzene ring substituents is 1. The van der Waals surface area contributed by atoms with Crippen LogP contribution >= 0.6 is 0 Å². The van der Waals surface area contributed by atoms with E-state index >= 15 is 0 Å². The average Bonchev–Trinajstić information content (AvgIpc) is 2.39. The summed E-state index contributed by atoms with van der Waals surface area (Å²) in [5.41, 5.74) is 0.0273. The molecule has 100 valence electrons. The molecule has 0 N–H and O–H groups in total. The molecule has 0 heterocycles. The van der Waals surface area contributed by atoms with E-state index in [0.29, 0.717) is 10.6 Å². The Bertz CT molecular complexity index is 416.